The Morgan fingerprint density at radius 1 is 1.36 bits per heavy atom. The Hall–Kier alpha value is -1.97. The molecule has 1 saturated heterocycles. The number of carbonyl (C=O) groups excluding carboxylic acids is 1. The van der Waals surface area contributed by atoms with Gasteiger partial charge in [-0.25, -0.2) is 4.79 Å². The van der Waals surface area contributed by atoms with Crippen molar-refractivity contribution in [2.75, 3.05) is 25.0 Å². The second kappa shape index (κ2) is 5.34. The Labute approximate surface area is 131 Å². The monoisotopic (exact) mass is 298 g/mol. The van der Waals surface area contributed by atoms with E-state index in [9.17, 15) is 4.79 Å². The van der Waals surface area contributed by atoms with Crippen LogP contribution >= 0.6 is 0 Å². The lowest BCUT2D eigenvalue weighted by atomic mass is 9.89. The SMILES string of the molecule is CCOC(=O)c1cccc2c1NC1CCN3CCCCC3=C21. The Bertz CT molecular complexity index is 650. The summed E-state index contributed by atoms with van der Waals surface area (Å²) in [6.07, 6.45) is 4.84. The summed E-state index contributed by atoms with van der Waals surface area (Å²) in [5.41, 5.74) is 5.77. The molecule has 1 aromatic rings. The Morgan fingerprint density at radius 2 is 2.27 bits per heavy atom. The van der Waals surface area contributed by atoms with Crippen LogP contribution in [0.5, 0.6) is 0 Å². The summed E-state index contributed by atoms with van der Waals surface area (Å²) in [7, 11) is 0. The van der Waals surface area contributed by atoms with Crippen LogP contribution in [0, 0.1) is 0 Å². The van der Waals surface area contributed by atoms with Crippen LogP contribution in [0.3, 0.4) is 0 Å². The number of esters is 1. The van der Waals surface area contributed by atoms with E-state index >= 15 is 0 Å². The highest BCUT2D eigenvalue weighted by Crippen LogP contribution is 2.45. The summed E-state index contributed by atoms with van der Waals surface area (Å²) in [6.45, 7) is 4.56. The predicted molar refractivity (Wildman–Crippen MR) is 86.8 cm³/mol. The zero-order valence-electron chi connectivity index (χ0n) is 13.0. The standard InChI is InChI=1S/C18H22N2O2/c1-2-22-18(21)13-7-5-6-12-16-14(19-17(12)13)9-11-20-10-4-3-8-15(16)20/h5-7,14,19H,2-4,8-11H2,1H3. The van der Waals surface area contributed by atoms with Gasteiger partial charge in [0.25, 0.3) is 0 Å². The molecule has 1 unspecified atom stereocenters. The molecule has 0 aliphatic carbocycles. The summed E-state index contributed by atoms with van der Waals surface area (Å²) in [5, 5.41) is 3.59. The fourth-order valence-electron chi connectivity index (χ4n) is 4.04. The number of carbonyl (C=O) groups is 1. The average Bonchev–Trinajstić information content (AvgIpc) is 2.94. The van der Waals surface area contributed by atoms with Crippen molar-refractivity contribution >= 4 is 17.2 Å². The van der Waals surface area contributed by atoms with E-state index in [0.29, 0.717) is 18.2 Å². The molecular weight excluding hydrogens is 276 g/mol. The van der Waals surface area contributed by atoms with Gasteiger partial charge in [-0.2, -0.15) is 0 Å². The predicted octanol–water partition coefficient (Wildman–Crippen LogP) is 3.26. The van der Waals surface area contributed by atoms with Gasteiger partial charge in [0, 0.05) is 29.9 Å². The summed E-state index contributed by atoms with van der Waals surface area (Å²) in [4.78, 5) is 14.7. The molecule has 22 heavy (non-hydrogen) atoms. The third-order valence-electron chi connectivity index (χ3n) is 4.99. The topological polar surface area (TPSA) is 41.6 Å². The van der Waals surface area contributed by atoms with E-state index in [1.54, 1.807) is 0 Å². The third-order valence-corrected chi connectivity index (χ3v) is 4.99. The van der Waals surface area contributed by atoms with E-state index in [0.717, 1.165) is 25.1 Å². The highest BCUT2D eigenvalue weighted by Gasteiger charge is 2.37. The number of rotatable bonds is 2. The molecule has 3 heterocycles. The number of nitrogens with zero attached hydrogens (tertiary/aromatic N) is 1. The third kappa shape index (κ3) is 2.01. The van der Waals surface area contributed by atoms with E-state index in [1.165, 1.54) is 36.2 Å². The zero-order valence-corrected chi connectivity index (χ0v) is 13.0. The van der Waals surface area contributed by atoms with Gasteiger partial charge < -0.3 is 15.0 Å². The summed E-state index contributed by atoms with van der Waals surface area (Å²) in [5.74, 6) is -0.225. The van der Waals surface area contributed by atoms with Gasteiger partial charge in [0.15, 0.2) is 0 Å². The molecular formula is C18H22N2O2. The fraction of sp³-hybridized carbons (Fsp3) is 0.500. The number of nitrogens with one attached hydrogen (secondary N) is 1. The van der Waals surface area contributed by atoms with Crippen molar-refractivity contribution in [3.05, 3.63) is 35.0 Å². The normalized spacial score (nSPS) is 22.6. The van der Waals surface area contributed by atoms with Crippen molar-refractivity contribution in [1.82, 2.24) is 4.90 Å². The first kappa shape index (κ1) is 13.7. The van der Waals surface area contributed by atoms with Gasteiger partial charge in [-0.05, 0) is 38.7 Å². The lowest BCUT2D eigenvalue weighted by molar-refractivity contribution is 0.0527. The molecule has 3 aliphatic heterocycles. The van der Waals surface area contributed by atoms with Crippen LogP contribution in [-0.4, -0.2) is 36.6 Å². The van der Waals surface area contributed by atoms with Gasteiger partial charge in [-0.15, -0.1) is 0 Å². The maximum absolute atomic E-state index is 12.2. The van der Waals surface area contributed by atoms with Crippen LogP contribution < -0.4 is 5.32 Å². The number of benzene rings is 1. The van der Waals surface area contributed by atoms with Gasteiger partial charge in [0.2, 0.25) is 0 Å². The number of ether oxygens (including phenoxy) is 1. The number of allylic oxidation sites excluding steroid dienone is 1. The minimum atomic E-state index is -0.225. The molecule has 0 aromatic heterocycles. The van der Waals surface area contributed by atoms with Crippen LogP contribution in [-0.2, 0) is 4.74 Å². The van der Waals surface area contributed by atoms with Crippen LogP contribution in [0.25, 0.3) is 5.57 Å². The van der Waals surface area contributed by atoms with Gasteiger partial charge in [0.1, 0.15) is 0 Å². The highest BCUT2D eigenvalue weighted by molar-refractivity contribution is 6.02. The molecule has 1 aromatic carbocycles. The van der Waals surface area contributed by atoms with Gasteiger partial charge in [-0.3, -0.25) is 0 Å². The molecule has 1 atom stereocenters. The van der Waals surface area contributed by atoms with Gasteiger partial charge >= 0.3 is 5.97 Å². The first-order valence-corrected chi connectivity index (χ1v) is 8.34. The summed E-state index contributed by atoms with van der Waals surface area (Å²) >= 11 is 0. The highest BCUT2D eigenvalue weighted by atomic mass is 16.5. The molecule has 0 amide bonds. The van der Waals surface area contributed by atoms with Crippen molar-refractivity contribution < 1.29 is 9.53 Å². The lowest BCUT2D eigenvalue weighted by Crippen LogP contribution is -2.37. The zero-order chi connectivity index (χ0) is 15.1. The van der Waals surface area contributed by atoms with Crippen LogP contribution in [0.1, 0.15) is 48.5 Å². The van der Waals surface area contributed by atoms with Crippen molar-refractivity contribution in [2.24, 2.45) is 0 Å². The minimum Gasteiger partial charge on any atom is -0.462 e. The number of para-hydroxylation sites is 1. The van der Waals surface area contributed by atoms with Crippen molar-refractivity contribution in [2.45, 2.75) is 38.6 Å². The van der Waals surface area contributed by atoms with Gasteiger partial charge in [0.05, 0.1) is 23.9 Å². The molecule has 0 saturated carbocycles. The number of anilines is 1. The van der Waals surface area contributed by atoms with E-state index in [1.807, 2.05) is 19.1 Å². The molecule has 0 radical (unpaired) electrons. The van der Waals surface area contributed by atoms with E-state index in [-0.39, 0.29) is 5.97 Å². The maximum Gasteiger partial charge on any atom is 0.340 e. The van der Waals surface area contributed by atoms with E-state index < -0.39 is 0 Å². The molecule has 0 bridgehead atoms. The quantitative estimate of drug-likeness (QED) is 0.851. The summed E-state index contributed by atoms with van der Waals surface area (Å²) < 4.78 is 5.21. The molecule has 4 rings (SSSR count). The Balaban J connectivity index is 1.81. The van der Waals surface area contributed by atoms with Crippen molar-refractivity contribution in [1.29, 1.82) is 0 Å². The van der Waals surface area contributed by atoms with Crippen LogP contribution in [0.4, 0.5) is 5.69 Å². The van der Waals surface area contributed by atoms with E-state index in [2.05, 4.69) is 16.3 Å². The summed E-state index contributed by atoms with van der Waals surface area (Å²) in [6, 6.07) is 6.34. The molecule has 1 fully saturated rings. The molecule has 4 heteroatoms. The second-order valence-corrected chi connectivity index (χ2v) is 6.24. The largest absolute Gasteiger partial charge is 0.462 e. The van der Waals surface area contributed by atoms with Crippen molar-refractivity contribution in [3.63, 3.8) is 0 Å². The fourth-order valence-corrected chi connectivity index (χ4v) is 4.04. The number of hydrogen-bond donors (Lipinski definition) is 1. The Morgan fingerprint density at radius 3 is 3.14 bits per heavy atom. The van der Waals surface area contributed by atoms with Crippen LogP contribution in [0.2, 0.25) is 0 Å². The smallest absolute Gasteiger partial charge is 0.340 e. The average molecular weight is 298 g/mol. The second-order valence-electron chi connectivity index (χ2n) is 6.24. The first-order valence-electron chi connectivity index (χ1n) is 8.34. The molecule has 116 valence electrons. The maximum atomic E-state index is 12.2. The van der Waals surface area contributed by atoms with Crippen LogP contribution in [0.15, 0.2) is 23.9 Å². The first-order chi connectivity index (χ1) is 10.8. The minimum absolute atomic E-state index is 0.225. The Kier molecular flexibility index (Phi) is 3.32. The molecule has 0 spiro atoms. The molecule has 3 aliphatic rings. The van der Waals surface area contributed by atoms with E-state index in [4.69, 9.17) is 4.74 Å². The van der Waals surface area contributed by atoms with Gasteiger partial charge in [-0.1, -0.05) is 12.1 Å². The number of fused-ring (bicyclic) bond motifs is 4. The molecule has 4 nitrogen and oxygen atoms in total. The number of piperidine rings is 1. The molecule has 1 N–H and O–H groups in total. The van der Waals surface area contributed by atoms with Crippen molar-refractivity contribution in [3.8, 4) is 0 Å². The lowest BCUT2D eigenvalue weighted by Gasteiger charge is -2.38. The number of hydrogen-bond acceptors (Lipinski definition) is 4.